The highest BCUT2D eigenvalue weighted by Gasteiger charge is 2.26. The zero-order valence-corrected chi connectivity index (χ0v) is 14.5. The van der Waals surface area contributed by atoms with Gasteiger partial charge in [0.05, 0.1) is 9.77 Å². The Bertz CT molecular complexity index is 459. The number of halogens is 1. The zero-order chi connectivity index (χ0) is 14.8. The highest BCUT2D eigenvalue weighted by molar-refractivity contribution is 14.1. The first-order chi connectivity index (χ1) is 9.33. The fourth-order valence-electron chi connectivity index (χ4n) is 2.33. The molecule has 1 aliphatic heterocycles. The van der Waals surface area contributed by atoms with Crippen LogP contribution in [0.15, 0.2) is 12.4 Å². The van der Waals surface area contributed by atoms with Crippen LogP contribution in [0.5, 0.6) is 0 Å². The lowest BCUT2D eigenvalue weighted by Crippen LogP contribution is -2.42. The van der Waals surface area contributed by atoms with Crippen molar-refractivity contribution in [1.82, 2.24) is 14.7 Å². The molecule has 0 N–H and O–H groups in total. The first kappa shape index (κ1) is 15.6. The summed E-state index contributed by atoms with van der Waals surface area (Å²) >= 11 is 2.27. The minimum atomic E-state index is -0.417. The first-order valence-electron chi connectivity index (χ1n) is 6.99. The van der Waals surface area contributed by atoms with E-state index in [4.69, 9.17) is 4.74 Å². The molecule has 0 unspecified atom stereocenters. The van der Waals surface area contributed by atoms with Gasteiger partial charge >= 0.3 is 6.09 Å². The molecule has 2 heterocycles. The van der Waals surface area contributed by atoms with Crippen molar-refractivity contribution >= 4 is 28.7 Å². The fraction of sp³-hybridized carbons (Fsp3) is 0.714. The molecule has 0 bridgehead atoms. The van der Waals surface area contributed by atoms with E-state index < -0.39 is 5.60 Å². The number of rotatable bonds is 2. The van der Waals surface area contributed by atoms with Crippen molar-refractivity contribution in [3.63, 3.8) is 0 Å². The smallest absolute Gasteiger partial charge is 0.410 e. The number of aromatic nitrogens is 2. The van der Waals surface area contributed by atoms with Crippen molar-refractivity contribution in [2.24, 2.45) is 5.92 Å². The Morgan fingerprint density at radius 2 is 2.10 bits per heavy atom. The maximum Gasteiger partial charge on any atom is 0.410 e. The molecule has 0 radical (unpaired) electrons. The molecule has 0 aromatic carbocycles. The number of piperidine rings is 1. The number of carbonyl (C=O) groups is 1. The normalized spacial score (nSPS) is 17.3. The lowest BCUT2D eigenvalue weighted by atomic mass is 9.97. The number of carbonyl (C=O) groups excluding carboxylic acids is 1. The van der Waals surface area contributed by atoms with Crippen molar-refractivity contribution in [2.75, 3.05) is 13.1 Å². The summed E-state index contributed by atoms with van der Waals surface area (Å²) in [4.78, 5) is 13.8. The number of amides is 1. The van der Waals surface area contributed by atoms with Gasteiger partial charge in [-0.25, -0.2) is 4.79 Å². The molecule has 1 amide bonds. The molecule has 20 heavy (non-hydrogen) atoms. The molecule has 1 aromatic rings. The van der Waals surface area contributed by atoms with Gasteiger partial charge in [-0.1, -0.05) is 0 Å². The second kappa shape index (κ2) is 6.32. The van der Waals surface area contributed by atoms with E-state index in [1.54, 1.807) is 0 Å². The van der Waals surface area contributed by atoms with Crippen LogP contribution >= 0.6 is 22.6 Å². The van der Waals surface area contributed by atoms with E-state index in [1.165, 1.54) is 0 Å². The average Bonchev–Trinajstić information content (AvgIpc) is 2.73. The number of likely N-dealkylation sites (tertiary alicyclic amines) is 1. The summed E-state index contributed by atoms with van der Waals surface area (Å²) in [6, 6.07) is 0. The Morgan fingerprint density at radius 1 is 1.45 bits per heavy atom. The molecule has 1 aromatic heterocycles. The van der Waals surface area contributed by atoms with Crippen LogP contribution < -0.4 is 0 Å². The van der Waals surface area contributed by atoms with E-state index >= 15 is 0 Å². The third-order valence-corrected chi connectivity index (χ3v) is 3.87. The Morgan fingerprint density at radius 3 is 2.60 bits per heavy atom. The largest absolute Gasteiger partial charge is 0.444 e. The van der Waals surface area contributed by atoms with Crippen LogP contribution in [-0.4, -0.2) is 39.5 Å². The van der Waals surface area contributed by atoms with Crippen LogP contribution in [0.25, 0.3) is 0 Å². The van der Waals surface area contributed by atoms with Gasteiger partial charge < -0.3 is 9.64 Å². The molecular formula is C14H22IN3O2. The molecule has 0 saturated carbocycles. The van der Waals surface area contributed by atoms with Gasteiger partial charge in [0.1, 0.15) is 5.60 Å². The Labute approximate surface area is 133 Å². The van der Waals surface area contributed by atoms with E-state index in [2.05, 4.69) is 33.9 Å². The molecule has 0 spiro atoms. The molecule has 1 saturated heterocycles. The maximum atomic E-state index is 12.0. The summed E-state index contributed by atoms with van der Waals surface area (Å²) in [5, 5.41) is 4.32. The van der Waals surface area contributed by atoms with Gasteiger partial charge in [-0.3, -0.25) is 4.68 Å². The summed E-state index contributed by atoms with van der Waals surface area (Å²) in [6.07, 6.45) is 5.76. The van der Waals surface area contributed by atoms with E-state index in [0.29, 0.717) is 5.92 Å². The molecule has 0 aliphatic carbocycles. The monoisotopic (exact) mass is 391 g/mol. The fourth-order valence-corrected chi connectivity index (χ4v) is 2.77. The minimum absolute atomic E-state index is 0.190. The Kier molecular flexibility index (Phi) is 4.93. The van der Waals surface area contributed by atoms with Crippen molar-refractivity contribution in [1.29, 1.82) is 0 Å². The molecule has 112 valence electrons. The number of hydrogen-bond donors (Lipinski definition) is 0. The van der Waals surface area contributed by atoms with Crippen molar-refractivity contribution in [3.8, 4) is 0 Å². The predicted octanol–water partition coefficient (Wildman–Crippen LogP) is 3.13. The van der Waals surface area contributed by atoms with Crippen LogP contribution in [-0.2, 0) is 11.3 Å². The first-order valence-corrected chi connectivity index (χ1v) is 8.07. The van der Waals surface area contributed by atoms with Crippen LogP contribution in [0.2, 0.25) is 0 Å². The topological polar surface area (TPSA) is 47.4 Å². The van der Waals surface area contributed by atoms with Crippen LogP contribution in [0.4, 0.5) is 4.79 Å². The number of ether oxygens (including phenoxy) is 1. The summed E-state index contributed by atoms with van der Waals surface area (Å²) in [5.74, 6) is 0.587. The predicted molar refractivity (Wildman–Crippen MR) is 85.5 cm³/mol. The molecule has 5 nitrogen and oxygen atoms in total. The quantitative estimate of drug-likeness (QED) is 0.728. The van der Waals surface area contributed by atoms with Crippen LogP contribution in [0.3, 0.4) is 0 Å². The van der Waals surface area contributed by atoms with Crippen LogP contribution in [0.1, 0.15) is 33.6 Å². The summed E-state index contributed by atoms with van der Waals surface area (Å²) < 4.78 is 8.56. The summed E-state index contributed by atoms with van der Waals surface area (Å²) in [6.45, 7) is 8.19. The van der Waals surface area contributed by atoms with Crippen LogP contribution in [0, 0.1) is 9.49 Å². The minimum Gasteiger partial charge on any atom is -0.444 e. The van der Waals surface area contributed by atoms with E-state index in [1.807, 2.05) is 36.5 Å². The van der Waals surface area contributed by atoms with Crippen molar-refractivity contribution < 1.29 is 9.53 Å². The van der Waals surface area contributed by atoms with Gasteiger partial charge in [-0.15, -0.1) is 0 Å². The third-order valence-electron chi connectivity index (χ3n) is 3.31. The van der Waals surface area contributed by atoms with E-state index in [9.17, 15) is 4.79 Å². The molecule has 1 fully saturated rings. The maximum absolute atomic E-state index is 12.0. The average molecular weight is 391 g/mol. The Balaban J connectivity index is 1.79. The second-order valence-electron chi connectivity index (χ2n) is 6.29. The lowest BCUT2D eigenvalue weighted by molar-refractivity contribution is 0.0177. The van der Waals surface area contributed by atoms with Crippen molar-refractivity contribution in [3.05, 3.63) is 16.0 Å². The van der Waals surface area contributed by atoms with Gasteiger partial charge in [0.2, 0.25) is 0 Å². The lowest BCUT2D eigenvalue weighted by Gasteiger charge is -2.33. The third kappa shape index (κ3) is 4.64. The van der Waals surface area contributed by atoms with Gasteiger partial charge in [-0.2, -0.15) is 5.10 Å². The van der Waals surface area contributed by atoms with Crippen molar-refractivity contribution in [2.45, 2.75) is 45.8 Å². The zero-order valence-electron chi connectivity index (χ0n) is 12.3. The molecule has 2 rings (SSSR count). The second-order valence-corrected chi connectivity index (χ2v) is 7.54. The van der Waals surface area contributed by atoms with Gasteiger partial charge in [0.15, 0.2) is 0 Å². The summed E-state index contributed by atoms with van der Waals surface area (Å²) in [5.41, 5.74) is -0.417. The molecule has 1 aliphatic rings. The van der Waals surface area contributed by atoms with Gasteiger partial charge in [0.25, 0.3) is 0 Å². The number of hydrogen-bond acceptors (Lipinski definition) is 3. The Hall–Kier alpha value is -0.790. The molecular weight excluding hydrogens is 369 g/mol. The van der Waals surface area contributed by atoms with Gasteiger partial charge in [0, 0.05) is 25.8 Å². The highest BCUT2D eigenvalue weighted by Crippen LogP contribution is 2.21. The summed E-state index contributed by atoms with van der Waals surface area (Å²) in [7, 11) is 0. The molecule has 0 atom stereocenters. The number of nitrogens with zero attached hydrogens (tertiary/aromatic N) is 3. The molecule has 6 heteroatoms. The van der Waals surface area contributed by atoms with Gasteiger partial charge in [-0.05, 0) is 62.1 Å². The van der Waals surface area contributed by atoms with E-state index in [-0.39, 0.29) is 6.09 Å². The van der Waals surface area contributed by atoms with E-state index in [0.717, 1.165) is 36.0 Å². The SMILES string of the molecule is CC(C)(C)OC(=O)N1CCC(Cn2cc(I)cn2)CC1. The standard InChI is InChI=1S/C14H22IN3O2/c1-14(2,3)20-13(19)17-6-4-11(5-7-17)9-18-10-12(15)8-16-18/h8,10-11H,4-7,9H2,1-3H3. The highest BCUT2D eigenvalue weighted by atomic mass is 127.